The first-order chi connectivity index (χ1) is 9.52. The van der Waals surface area contributed by atoms with Gasteiger partial charge in [-0.1, -0.05) is 19.8 Å². The average molecular weight is 281 g/mol. The smallest absolute Gasteiger partial charge is 0.353 e. The maximum Gasteiger partial charge on any atom is 0.353 e. The van der Waals surface area contributed by atoms with E-state index in [1.54, 1.807) is 7.05 Å². The van der Waals surface area contributed by atoms with Crippen molar-refractivity contribution in [3.05, 3.63) is 16.4 Å². The van der Waals surface area contributed by atoms with Gasteiger partial charge in [0.2, 0.25) is 11.6 Å². The fourth-order valence-electron chi connectivity index (χ4n) is 2.07. The summed E-state index contributed by atoms with van der Waals surface area (Å²) in [5, 5.41) is 14.1. The molecule has 0 aliphatic heterocycles. The fourth-order valence-corrected chi connectivity index (χ4v) is 2.07. The largest absolute Gasteiger partial charge is 0.367 e. The molecule has 0 bridgehead atoms. The SMILES string of the molecule is CCCCCN(c1ncnc(NC)c1[N+](=O)[O-])C(C)C. The maximum absolute atomic E-state index is 11.3. The molecule has 0 saturated heterocycles. The molecular formula is C13H23N5O2. The Morgan fingerprint density at radius 2 is 2.10 bits per heavy atom. The molecule has 0 radical (unpaired) electrons. The molecule has 0 atom stereocenters. The maximum atomic E-state index is 11.3. The highest BCUT2D eigenvalue weighted by molar-refractivity contribution is 5.70. The van der Waals surface area contributed by atoms with Crippen LogP contribution in [0, 0.1) is 10.1 Å². The Morgan fingerprint density at radius 3 is 2.60 bits per heavy atom. The Hall–Kier alpha value is -1.92. The summed E-state index contributed by atoms with van der Waals surface area (Å²) in [6.45, 7) is 6.91. The fraction of sp³-hybridized carbons (Fsp3) is 0.692. The van der Waals surface area contributed by atoms with Crippen LogP contribution in [0.15, 0.2) is 6.33 Å². The van der Waals surface area contributed by atoms with E-state index in [-0.39, 0.29) is 17.5 Å². The zero-order valence-corrected chi connectivity index (χ0v) is 12.6. The summed E-state index contributed by atoms with van der Waals surface area (Å²) in [4.78, 5) is 20.9. The minimum absolute atomic E-state index is 0.0554. The van der Waals surface area contributed by atoms with Crippen molar-refractivity contribution in [2.24, 2.45) is 0 Å². The predicted octanol–water partition coefficient (Wildman–Crippen LogP) is 2.83. The number of rotatable bonds is 8. The standard InChI is InChI=1S/C13H23N5O2/c1-5-6-7-8-17(10(2)3)13-11(18(19)20)12(14-4)15-9-16-13/h9-10H,5-8H2,1-4H3,(H,14,15,16). The van der Waals surface area contributed by atoms with Crippen molar-refractivity contribution < 1.29 is 4.92 Å². The number of nitrogens with zero attached hydrogens (tertiary/aromatic N) is 4. The van der Waals surface area contributed by atoms with Crippen LogP contribution in [0.2, 0.25) is 0 Å². The Labute approximate surface area is 119 Å². The van der Waals surface area contributed by atoms with E-state index in [9.17, 15) is 10.1 Å². The highest BCUT2D eigenvalue weighted by Crippen LogP contribution is 2.32. The molecule has 0 aliphatic rings. The lowest BCUT2D eigenvalue weighted by Gasteiger charge is -2.27. The average Bonchev–Trinajstić information content (AvgIpc) is 2.42. The van der Waals surface area contributed by atoms with Crippen molar-refractivity contribution in [3.63, 3.8) is 0 Å². The molecule has 1 aromatic heterocycles. The normalized spacial score (nSPS) is 10.7. The minimum Gasteiger partial charge on any atom is -0.367 e. The van der Waals surface area contributed by atoms with E-state index in [2.05, 4.69) is 22.2 Å². The van der Waals surface area contributed by atoms with Gasteiger partial charge >= 0.3 is 5.69 Å². The molecule has 1 rings (SSSR count). The number of nitrogens with one attached hydrogen (secondary N) is 1. The van der Waals surface area contributed by atoms with E-state index in [0.717, 1.165) is 25.8 Å². The van der Waals surface area contributed by atoms with Gasteiger partial charge in [0, 0.05) is 19.6 Å². The third-order valence-corrected chi connectivity index (χ3v) is 3.12. The van der Waals surface area contributed by atoms with Crippen LogP contribution in [-0.2, 0) is 0 Å². The van der Waals surface area contributed by atoms with Crippen LogP contribution in [0.25, 0.3) is 0 Å². The van der Waals surface area contributed by atoms with Gasteiger partial charge in [0.05, 0.1) is 4.92 Å². The van der Waals surface area contributed by atoms with E-state index >= 15 is 0 Å². The summed E-state index contributed by atoms with van der Waals surface area (Å²) in [6, 6.07) is 0.144. The Balaban J connectivity index is 3.15. The third-order valence-electron chi connectivity index (χ3n) is 3.12. The molecule has 112 valence electrons. The molecule has 1 heterocycles. The van der Waals surface area contributed by atoms with Gasteiger partial charge in [-0.25, -0.2) is 9.97 Å². The summed E-state index contributed by atoms with van der Waals surface area (Å²) in [7, 11) is 1.62. The number of anilines is 2. The minimum atomic E-state index is -0.420. The third kappa shape index (κ3) is 3.79. The quantitative estimate of drug-likeness (QED) is 0.448. The number of unbranched alkanes of at least 4 members (excludes halogenated alkanes) is 2. The van der Waals surface area contributed by atoms with E-state index < -0.39 is 4.92 Å². The van der Waals surface area contributed by atoms with Crippen molar-refractivity contribution in [1.82, 2.24) is 9.97 Å². The van der Waals surface area contributed by atoms with Crippen molar-refractivity contribution in [3.8, 4) is 0 Å². The molecule has 20 heavy (non-hydrogen) atoms. The summed E-state index contributed by atoms with van der Waals surface area (Å²) in [5.41, 5.74) is -0.0554. The first kappa shape index (κ1) is 16.1. The van der Waals surface area contributed by atoms with E-state index in [1.807, 2.05) is 18.7 Å². The molecule has 0 saturated carbocycles. The number of hydrogen-bond donors (Lipinski definition) is 1. The van der Waals surface area contributed by atoms with E-state index in [0.29, 0.717) is 5.82 Å². The lowest BCUT2D eigenvalue weighted by molar-refractivity contribution is -0.383. The predicted molar refractivity (Wildman–Crippen MR) is 80.2 cm³/mol. The molecule has 0 unspecified atom stereocenters. The number of aromatic nitrogens is 2. The first-order valence-corrected chi connectivity index (χ1v) is 6.96. The second-order valence-electron chi connectivity index (χ2n) is 4.90. The highest BCUT2D eigenvalue weighted by atomic mass is 16.6. The molecular weight excluding hydrogens is 258 g/mol. The van der Waals surface area contributed by atoms with Crippen LogP contribution in [0.4, 0.5) is 17.3 Å². The molecule has 0 aromatic carbocycles. The van der Waals surface area contributed by atoms with E-state index in [1.165, 1.54) is 6.33 Å². The van der Waals surface area contributed by atoms with Crippen LogP contribution in [0.1, 0.15) is 40.0 Å². The Morgan fingerprint density at radius 1 is 1.40 bits per heavy atom. The molecule has 7 heteroatoms. The van der Waals surface area contributed by atoms with Crippen molar-refractivity contribution in [2.45, 2.75) is 46.1 Å². The van der Waals surface area contributed by atoms with Crippen molar-refractivity contribution >= 4 is 17.3 Å². The number of nitro groups is 1. The summed E-state index contributed by atoms with van der Waals surface area (Å²) in [5.74, 6) is 0.640. The summed E-state index contributed by atoms with van der Waals surface area (Å²) < 4.78 is 0. The summed E-state index contributed by atoms with van der Waals surface area (Å²) >= 11 is 0. The van der Waals surface area contributed by atoms with Gasteiger partial charge in [-0.2, -0.15) is 0 Å². The monoisotopic (exact) mass is 281 g/mol. The van der Waals surface area contributed by atoms with Crippen molar-refractivity contribution in [1.29, 1.82) is 0 Å². The van der Waals surface area contributed by atoms with Crippen LogP contribution < -0.4 is 10.2 Å². The van der Waals surface area contributed by atoms with Gasteiger partial charge < -0.3 is 10.2 Å². The van der Waals surface area contributed by atoms with Gasteiger partial charge in [0.25, 0.3) is 0 Å². The van der Waals surface area contributed by atoms with E-state index in [4.69, 9.17) is 0 Å². The van der Waals surface area contributed by atoms with Gasteiger partial charge in [0.15, 0.2) is 0 Å². The molecule has 7 nitrogen and oxygen atoms in total. The Kier molecular flexibility index (Phi) is 6.14. The van der Waals surface area contributed by atoms with Crippen LogP contribution in [0.3, 0.4) is 0 Å². The van der Waals surface area contributed by atoms with Gasteiger partial charge in [-0.15, -0.1) is 0 Å². The first-order valence-electron chi connectivity index (χ1n) is 6.96. The lowest BCUT2D eigenvalue weighted by Crippen LogP contribution is -2.33. The van der Waals surface area contributed by atoms with Crippen molar-refractivity contribution in [2.75, 3.05) is 23.8 Å². The lowest BCUT2D eigenvalue weighted by atomic mass is 10.2. The van der Waals surface area contributed by atoms with Crippen LogP contribution in [0.5, 0.6) is 0 Å². The Bertz CT molecular complexity index is 450. The molecule has 0 amide bonds. The zero-order chi connectivity index (χ0) is 15.1. The number of hydrogen-bond acceptors (Lipinski definition) is 6. The van der Waals surface area contributed by atoms with Crippen LogP contribution >= 0.6 is 0 Å². The zero-order valence-electron chi connectivity index (χ0n) is 12.6. The molecule has 1 aromatic rings. The summed E-state index contributed by atoms with van der Waals surface area (Å²) in [6.07, 6.45) is 4.56. The van der Waals surface area contributed by atoms with Gasteiger partial charge in [-0.3, -0.25) is 10.1 Å². The van der Waals surface area contributed by atoms with Gasteiger partial charge in [0.1, 0.15) is 6.33 Å². The second kappa shape index (κ2) is 7.62. The molecule has 1 N–H and O–H groups in total. The highest BCUT2D eigenvalue weighted by Gasteiger charge is 2.27. The molecule has 0 fully saturated rings. The topological polar surface area (TPSA) is 84.2 Å². The van der Waals surface area contributed by atoms with Gasteiger partial charge in [-0.05, 0) is 20.3 Å². The molecule has 0 aliphatic carbocycles. The molecule has 0 spiro atoms. The van der Waals surface area contributed by atoms with Crippen LogP contribution in [-0.4, -0.2) is 34.5 Å². The second-order valence-corrected chi connectivity index (χ2v) is 4.90.